The lowest BCUT2D eigenvalue weighted by atomic mass is 9.92. The molecule has 0 spiro atoms. The maximum Gasteiger partial charge on any atom is 0.331 e. The van der Waals surface area contributed by atoms with Gasteiger partial charge in [0, 0.05) is 18.4 Å². The smallest absolute Gasteiger partial charge is 0.331 e. The van der Waals surface area contributed by atoms with Gasteiger partial charge in [-0.3, -0.25) is 0 Å². The van der Waals surface area contributed by atoms with Crippen LogP contribution in [-0.4, -0.2) is 69.1 Å². The third-order valence-corrected chi connectivity index (χ3v) is 6.80. The number of hydrogen-bond donors (Lipinski definition) is 4. The molecule has 1 aliphatic heterocycles. The Kier molecular flexibility index (Phi) is 14.6. The largest absolute Gasteiger partial charge is 0.456 e. The molecule has 0 aromatic carbocycles. The molecule has 7 heteroatoms. The maximum atomic E-state index is 12.7. The van der Waals surface area contributed by atoms with Gasteiger partial charge < -0.3 is 29.9 Å². The van der Waals surface area contributed by atoms with Crippen LogP contribution in [-0.2, 0) is 14.3 Å². The van der Waals surface area contributed by atoms with Crippen molar-refractivity contribution < 1.29 is 34.7 Å². The van der Waals surface area contributed by atoms with Crippen LogP contribution >= 0.6 is 0 Å². The SMILES string of the molecule is C#CC[C@@H](C)[C@H](OC(=O)/C=C(C)/C=C/CC(=C)[C@@H](O)[C@H](O)C(=C)[C@H](O)[C@@H](O)CC=C)[C@@H]1O[C@H]1[C@@H](C)CCC. The van der Waals surface area contributed by atoms with Crippen LogP contribution in [0.5, 0.6) is 0 Å². The van der Waals surface area contributed by atoms with E-state index in [2.05, 4.69) is 39.5 Å². The topological polar surface area (TPSA) is 120 Å². The van der Waals surface area contributed by atoms with Crippen LogP contribution in [0.4, 0.5) is 0 Å². The summed E-state index contributed by atoms with van der Waals surface area (Å²) in [4.78, 5) is 12.7. The van der Waals surface area contributed by atoms with E-state index in [4.69, 9.17) is 15.9 Å². The van der Waals surface area contributed by atoms with Crippen LogP contribution < -0.4 is 0 Å². The highest BCUT2D eigenvalue weighted by molar-refractivity contribution is 5.83. The Hall–Kier alpha value is -2.47. The zero-order chi connectivity index (χ0) is 29.0. The predicted molar refractivity (Wildman–Crippen MR) is 150 cm³/mol. The number of hydrogen-bond acceptors (Lipinski definition) is 7. The van der Waals surface area contributed by atoms with Crippen molar-refractivity contribution in [2.24, 2.45) is 11.8 Å². The van der Waals surface area contributed by atoms with Crippen molar-refractivity contribution in [2.45, 2.75) is 103 Å². The Balaban J connectivity index is 2.71. The van der Waals surface area contributed by atoms with Gasteiger partial charge in [-0.2, -0.15) is 0 Å². The van der Waals surface area contributed by atoms with E-state index in [0.717, 1.165) is 12.8 Å². The van der Waals surface area contributed by atoms with Crippen LogP contribution in [0.25, 0.3) is 0 Å². The van der Waals surface area contributed by atoms with Crippen molar-refractivity contribution in [3.05, 3.63) is 60.8 Å². The Morgan fingerprint density at radius 2 is 1.79 bits per heavy atom. The molecule has 4 N–H and O–H groups in total. The second kappa shape index (κ2) is 16.5. The minimum Gasteiger partial charge on any atom is -0.456 e. The molecule has 1 rings (SSSR count). The lowest BCUT2D eigenvalue weighted by Gasteiger charge is -2.26. The van der Waals surface area contributed by atoms with Crippen LogP contribution in [0.2, 0.25) is 0 Å². The maximum absolute atomic E-state index is 12.7. The normalized spacial score (nSPS) is 22.9. The Morgan fingerprint density at radius 3 is 2.37 bits per heavy atom. The highest BCUT2D eigenvalue weighted by atomic mass is 16.6. The minimum atomic E-state index is -1.51. The van der Waals surface area contributed by atoms with E-state index in [0.29, 0.717) is 17.9 Å². The van der Waals surface area contributed by atoms with E-state index in [9.17, 15) is 25.2 Å². The van der Waals surface area contributed by atoms with Crippen molar-refractivity contribution in [1.82, 2.24) is 0 Å². The van der Waals surface area contributed by atoms with E-state index in [1.807, 2.05) is 6.92 Å². The molecule has 1 fully saturated rings. The Labute approximate surface area is 228 Å². The third kappa shape index (κ3) is 10.4. The van der Waals surface area contributed by atoms with Crippen molar-refractivity contribution >= 4 is 5.97 Å². The third-order valence-electron chi connectivity index (χ3n) is 6.80. The molecule has 1 aliphatic rings. The number of carbonyl (C=O) groups excluding carboxylic acids is 1. The summed E-state index contributed by atoms with van der Waals surface area (Å²) in [6.07, 6.45) is 8.53. The summed E-state index contributed by atoms with van der Waals surface area (Å²) >= 11 is 0. The molecule has 0 amide bonds. The summed E-state index contributed by atoms with van der Waals surface area (Å²) in [6.45, 7) is 18.8. The van der Waals surface area contributed by atoms with Crippen molar-refractivity contribution in [3.8, 4) is 12.3 Å². The predicted octanol–water partition coefficient (Wildman–Crippen LogP) is 3.79. The number of esters is 1. The number of ether oxygens (including phenoxy) is 2. The summed E-state index contributed by atoms with van der Waals surface area (Å²) in [7, 11) is 0. The van der Waals surface area contributed by atoms with Crippen LogP contribution in [0.3, 0.4) is 0 Å². The van der Waals surface area contributed by atoms with Crippen LogP contribution in [0, 0.1) is 24.2 Å². The van der Waals surface area contributed by atoms with E-state index in [1.54, 1.807) is 19.1 Å². The zero-order valence-corrected chi connectivity index (χ0v) is 23.3. The monoisotopic (exact) mass is 530 g/mol. The fourth-order valence-electron chi connectivity index (χ4n) is 4.35. The van der Waals surface area contributed by atoms with Gasteiger partial charge in [-0.15, -0.1) is 18.9 Å². The molecule has 0 aromatic heterocycles. The van der Waals surface area contributed by atoms with Crippen molar-refractivity contribution in [3.63, 3.8) is 0 Å². The molecule has 9 atom stereocenters. The lowest BCUT2D eigenvalue weighted by molar-refractivity contribution is -0.146. The number of rotatable bonds is 18. The number of epoxide rings is 1. The second-order valence-corrected chi connectivity index (χ2v) is 10.3. The molecule has 38 heavy (non-hydrogen) atoms. The number of allylic oxidation sites excluding steroid dienone is 3. The van der Waals surface area contributed by atoms with Crippen molar-refractivity contribution in [2.75, 3.05) is 0 Å². The van der Waals surface area contributed by atoms with Gasteiger partial charge in [0.2, 0.25) is 0 Å². The highest BCUT2D eigenvalue weighted by Crippen LogP contribution is 2.38. The first-order chi connectivity index (χ1) is 17.9. The quantitative estimate of drug-likeness (QED) is 0.0532. The summed E-state index contributed by atoms with van der Waals surface area (Å²) in [6, 6.07) is 0. The summed E-state index contributed by atoms with van der Waals surface area (Å²) < 4.78 is 11.7. The number of carbonyl (C=O) groups is 1. The van der Waals surface area contributed by atoms with Gasteiger partial charge in [0.05, 0.1) is 12.2 Å². The molecule has 0 aromatic rings. The molecule has 0 unspecified atom stereocenters. The standard InChI is InChI=1S/C31H46O7/c1-9-13-21(6)29(31-30(38-31)22(7)14-10-2)37-25(33)18-19(4)16-12-17-20(5)26(34)28(36)23(8)27(35)24(32)15-11-3/h1,11-12,16,18,21-22,24,26-32,34-36H,3,5,8,10,13-15,17H2,2,4,6-7H3/b16-12+,19-18+/t21-,22+,24+,26-,27+,28-,29+,30+,31+/m1/s1. The molecule has 7 nitrogen and oxygen atoms in total. The van der Waals surface area contributed by atoms with Gasteiger partial charge >= 0.3 is 5.97 Å². The van der Waals surface area contributed by atoms with E-state index >= 15 is 0 Å². The lowest BCUT2D eigenvalue weighted by Crippen LogP contribution is -2.38. The molecular weight excluding hydrogens is 484 g/mol. The van der Waals surface area contributed by atoms with Gasteiger partial charge in [-0.05, 0) is 48.8 Å². The molecule has 0 radical (unpaired) electrons. The average Bonchev–Trinajstić information content (AvgIpc) is 3.66. The Bertz CT molecular complexity index is 912. The molecule has 212 valence electrons. The van der Waals surface area contributed by atoms with E-state index in [-0.39, 0.29) is 42.1 Å². The summed E-state index contributed by atoms with van der Waals surface area (Å²) in [5.74, 6) is 2.48. The van der Waals surface area contributed by atoms with Gasteiger partial charge in [0.25, 0.3) is 0 Å². The first-order valence-electron chi connectivity index (χ1n) is 13.2. The summed E-state index contributed by atoms with van der Waals surface area (Å²) in [5, 5.41) is 40.7. The van der Waals surface area contributed by atoms with Crippen LogP contribution in [0.15, 0.2) is 60.8 Å². The van der Waals surface area contributed by atoms with Gasteiger partial charge in [0.15, 0.2) is 0 Å². The van der Waals surface area contributed by atoms with Crippen molar-refractivity contribution in [1.29, 1.82) is 0 Å². The molecule has 1 saturated heterocycles. The zero-order valence-electron chi connectivity index (χ0n) is 23.3. The number of aliphatic hydroxyl groups is 4. The van der Waals surface area contributed by atoms with Gasteiger partial charge in [-0.25, -0.2) is 4.79 Å². The minimum absolute atomic E-state index is 0.0422. The number of terminal acetylenes is 1. The fourth-order valence-corrected chi connectivity index (χ4v) is 4.35. The Morgan fingerprint density at radius 1 is 1.13 bits per heavy atom. The van der Waals surface area contributed by atoms with Crippen LogP contribution in [0.1, 0.15) is 59.8 Å². The molecular formula is C31H46O7. The fraction of sp³-hybridized carbons (Fsp3) is 0.581. The first-order valence-corrected chi connectivity index (χ1v) is 13.2. The van der Waals surface area contributed by atoms with E-state index in [1.165, 1.54) is 12.2 Å². The second-order valence-electron chi connectivity index (χ2n) is 10.3. The molecule has 1 heterocycles. The molecule has 0 aliphatic carbocycles. The molecule has 0 saturated carbocycles. The molecule has 0 bridgehead atoms. The van der Waals surface area contributed by atoms with E-state index < -0.39 is 36.5 Å². The first kappa shape index (κ1) is 33.6. The summed E-state index contributed by atoms with van der Waals surface area (Å²) in [5.41, 5.74) is 0.786. The number of aliphatic hydroxyl groups excluding tert-OH is 4. The van der Waals surface area contributed by atoms with Gasteiger partial charge in [0.1, 0.15) is 30.5 Å². The van der Waals surface area contributed by atoms with Gasteiger partial charge in [-0.1, -0.05) is 58.6 Å². The highest BCUT2D eigenvalue weighted by Gasteiger charge is 2.50. The average molecular weight is 531 g/mol.